The molecule has 0 amide bonds. The van der Waals surface area contributed by atoms with Crippen LogP contribution in [0.5, 0.6) is 0 Å². The summed E-state index contributed by atoms with van der Waals surface area (Å²) >= 11 is 0. The topological polar surface area (TPSA) is 43.4 Å². The molecule has 0 aliphatic heterocycles. The molecule has 0 aromatic carbocycles. The molecule has 0 unspecified atom stereocenters. The number of esters is 1. The maximum absolute atomic E-state index is 12.2. The number of carbonyl (C=O) groups is 2. The molecule has 0 bridgehead atoms. The van der Waals surface area contributed by atoms with Crippen LogP contribution in [0.3, 0.4) is 0 Å². The Balaban J connectivity index is 3.33. The molecule has 0 aliphatic carbocycles. The van der Waals surface area contributed by atoms with Gasteiger partial charge in [0.1, 0.15) is 5.78 Å². The Labute approximate surface area is 200 Å². The Morgan fingerprint density at radius 1 is 0.594 bits per heavy atom. The van der Waals surface area contributed by atoms with E-state index < -0.39 is 0 Å². The molecule has 32 heavy (non-hydrogen) atoms. The zero-order chi connectivity index (χ0) is 23.7. The molecular formula is C29H56O3. The number of unbranched alkanes of at least 4 members (excludes halogenated alkanes) is 17. The van der Waals surface area contributed by atoms with Crippen molar-refractivity contribution < 1.29 is 14.3 Å². The smallest absolute Gasteiger partial charge is 0.305 e. The number of hydrogen-bond donors (Lipinski definition) is 0. The molecular weight excluding hydrogens is 396 g/mol. The Bertz CT molecular complexity index is 419. The van der Waals surface area contributed by atoms with Gasteiger partial charge >= 0.3 is 5.97 Å². The third-order valence-electron chi connectivity index (χ3n) is 6.69. The first-order chi connectivity index (χ1) is 15.6. The van der Waals surface area contributed by atoms with Crippen molar-refractivity contribution in [1.82, 2.24) is 0 Å². The minimum absolute atomic E-state index is 0.108. The standard InChI is InChI=1S/C29H56O3/c1-4-5-6-7-8-9-10-11-12-13-14-17-20-23-27(2)26-28(30)24-21-18-15-16-19-22-25-29(31)32-3/h27H,4-26H2,1-3H3/t27-/m1/s1. The fraction of sp³-hybridized carbons (Fsp3) is 0.931. The highest BCUT2D eigenvalue weighted by molar-refractivity contribution is 5.78. The summed E-state index contributed by atoms with van der Waals surface area (Å²) < 4.78 is 4.65. The van der Waals surface area contributed by atoms with Gasteiger partial charge in [0.15, 0.2) is 0 Å². The van der Waals surface area contributed by atoms with Crippen LogP contribution in [0, 0.1) is 5.92 Å². The molecule has 0 spiro atoms. The van der Waals surface area contributed by atoms with Gasteiger partial charge in [0.25, 0.3) is 0 Å². The predicted molar refractivity (Wildman–Crippen MR) is 138 cm³/mol. The molecule has 3 nitrogen and oxygen atoms in total. The Hall–Kier alpha value is -0.860. The van der Waals surface area contributed by atoms with E-state index in [4.69, 9.17) is 0 Å². The molecule has 3 heteroatoms. The molecule has 0 radical (unpaired) electrons. The van der Waals surface area contributed by atoms with E-state index in [0.29, 0.717) is 18.1 Å². The maximum Gasteiger partial charge on any atom is 0.305 e. The van der Waals surface area contributed by atoms with E-state index in [1.165, 1.54) is 103 Å². The molecule has 0 N–H and O–H groups in total. The van der Waals surface area contributed by atoms with Crippen LogP contribution in [-0.4, -0.2) is 18.9 Å². The van der Waals surface area contributed by atoms with Gasteiger partial charge in [-0.3, -0.25) is 9.59 Å². The van der Waals surface area contributed by atoms with Crippen molar-refractivity contribution in [3.05, 3.63) is 0 Å². The van der Waals surface area contributed by atoms with Crippen LogP contribution >= 0.6 is 0 Å². The molecule has 190 valence electrons. The third kappa shape index (κ3) is 23.8. The average Bonchev–Trinajstić information content (AvgIpc) is 2.78. The van der Waals surface area contributed by atoms with Crippen LogP contribution in [0.2, 0.25) is 0 Å². The lowest BCUT2D eigenvalue weighted by Crippen LogP contribution is -2.05. The zero-order valence-electron chi connectivity index (χ0n) is 22.1. The zero-order valence-corrected chi connectivity index (χ0v) is 22.1. The first kappa shape index (κ1) is 31.1. The second-order valence-electron chi connectivity index (χ2n) is 10.1. The summed E-state index contributed by atoms with van der Waals surface area (Å²) in [4.78, 5) is 23.2. The van der Waals surface area contributed by atoms with Gasteiger partial charge in [-0.25, -0.2) is 0 Å². The van der Waals surface area contributed by atoms with E-state index >= 15 is 0 Å². The average molecular weight is 453 g/mol. The monoisotopic (exact) mass is 452 g/mol. The SMILES string of the molecule is CCCCCCCCCCCCCCC[C@@H](C)CC(=O)CCCCCCCCC(=O)OC. The van der Waals surface area contributed by atoms with Crippen LogP contribution in [0.4, 0.5) is 0 Å². The van der Waals surface area contributed by atoms with Crippen molar-refractivity contribution >= 4 is 11.8 Å². The number of hydrogen-bond acceptors (Lipinski definition) is 3. The summed E-state index contributed by atoms with van der Waals surface area (Å²) in [7, 11) is 1.44. The van der Waals surface area contributed by atoms with E-state index in [0.717, 1.165) is 44.9 Å². The lowest BCUT2D eigenvalue weighted by molar-refractivity contribution is -0.140. The molecule has 0 aromatic rings. The van der Waals surface area contributed by atoms with Gasteiger partial charge in [-0.2, -0.15) is 0 Å². The fourth-order valence-electron chi connectivity index (χ4n) is 4.50. The van der Waals surface area contributed by atoms with Crippen molar-refractivity contribution in [2.24, 2.45) is 5.92 Å². The third-order valence-corrected chi connectivity index (χ3v) is 6.69. The van der Waals surface area contributed by atoms with Crippen molar-refractivity contribution in [2.45, 2.75) is 162 Å². The molecule has 0 saturated carbocycles. The summed E-state index contributed by atoms with van der Waals surface area (Å²) in [6.07, 6.45) is 27.9. The lowest BCUT2D eigenvalue weighted by atomic mass is 9.95. The summed E-state index contributed by atoms with van der Waals surface area (Å²) in [5, 5.41) is 0. The highest BCUT2D eigenvalue weighted by atomic mass is 16.5. The number of ketones is 1. The van der Waals surface area contributed by atoms with Crippen molar-refractivity contribution in [1.29, 1.82) is 0 Å². The number of methoxy groups -OCH3 is 1. The van der Waals surface area contributed by atoms with Gasteiger partial charge in [0.2, 0.25) is 0 Å². The van der Waals surface area contributed by atoms with Crippen LogP contribution in [-0.2, 0) is 14.3 Å². The van der Waals surface area contributed by atoms with Crippen LogP contribution < -0.4 is 0 Å². The normalized spacial score (nSPS) is 12.1. The van der Waals surface area contributed by atoms with Gasteiger partial charge in [0, 0.05) is 19.3 Å². The number of Topliss-reactive ketones (excluding diaryl/α,β-unsaturated/α-hetero) is 1. The van der Waals surface area contributed by atoms with Crippen molar-refractivity contribution in [3.63, 3.8) is 0 Å². The van der Waals surface area contributed by atoms with E-state index in [1.54, 1.807) is 0 Å². The second-order valence-corrected chi connectivity index (χ2v) is 10.1. The van der Waals surface area contributed by atoms with Crippen LogP contribution in [0.1, 0.15) is 162 Å². The fourth-order valence-corrected chi connectivity index (χ4v) is 4.50. The second kappa shape index (κ2) is 24.8. The minimum atomic E-state index is -0.108. The lowest BCUT2D eigenvalue weighted by Gasteiger charge is -2.10. The maximum atomic E-state index is 12.2. The van der Waals surface area contributed by atoms with Crippen LogP contribution in [0.15, 0.2) is 0 Å². The Morgan fingerprint density at radius 2 is 1.00 bits per heavy atom. The van der Waals surface area contributed by atoms with Crippen molar-refractivity contribution in [2.75, 3.05) is 7.11 Å². The Kier molecular flexibility index (Phi) is 24.1. The van der Waals surface area contributed by atoms with Crippen molar-refractivity contribution in [3.8, 4) is 0 Å². The summed E-state index contributed by atoms with van der Waals surface area (Å²) in [5.41, 5.74) is 0. The summed E-state index contributed by atoms with van der Waals surface area (Å²) in [6, 6.07) is 0. The molecule has 0 aromatic heterocycles. The first-order valence-corrected chi connectivity index (χ1v) is 14.2. The van der Waals surface area contributed by atoms with Gasteiger partial charge in [-0.1, -0.05) is 129 Å². The number of carbonyl (C=O) groups excluding carboxylic acids is 2. The molecule has 0 fully saturated rings. The minimum Gasteiger partial charge on any atom is -0.469 e. The van der Waals surface area contributed by atoms with Gasteiger partial charge in [0.05, 0.1) is 7.11 Å². The number of ether oxygens (including phenoxy) is 1. The van der Waals surface area contributed by atoms with Gasteiger partial charge < -0.3 is 4.74 Å². The van der Waals surface area contributed by atoms with Gasteiger partial charge in [-0.05, 0) is 18.8 Å². The number of rotatable bonds is 25. The quantitative estimate of drug-likeness (QED) is 0.102. The van der Waals surface area contributed by atoms with E-state index in [2.05, 4.69) is 18.6 Å². The summed E-state index contributed by atoms with van der Waals surface area (Å²) in [5.74, 6) is 0.898. The summed E-state index contributed by atoms with van der Waals surface area (Å²) in [6.45, 7) is 4.53. The van der Waals surface area contributed by atoms with E-state index in [-0.39, 0.29) is 5.97 Å². The predicted octanol–water partition coefficient (Wildman–Crippen LogP) is 9.36. The van der Waals surface area contributed by atoms with Crippen LogP contribution in [0.25, 0.3) is 0 Å². The first-order valence-electron chi connectivity index (χ1n) is 14.2. The highest BCUT2D eigenvalue weighted by Crippen LogP contribution is 2.18. The molecule has 0 heterocycles. The molecule has 1 atom stereocenters. The largest absolute Gasteiger partial charge is 0.469 e. The molecule has 0 aliphatic rings. The van der Waals surface area contributed by atoms with E-state index in [1.807, 2.05) is 0 Å². The molecule has 0 rings (SSSR count). The van der Waals surface area contributed by atoms with Gasteiger partial charge in [-0.15, -0.1) is 0 Å². The molecule has 0 saturated heterocycles. The van der Waals surface area contributed by atoms with E-state index in [9.17, 15) is 9.59 Å². The highest BCUT2D eigenvalue weighted by Gasteiger charge is 2.09. The Morgan fingerprint density at radius 3 is 1.47 bits per heavy atom.